The van der Waals surface area contributed by atoms with E-state index in [0.29, 0.717) is 17.6 Å². The molecule has 0 saturated heterocycles. The summed E-state index contributed by atoms with van der Waals surface area (Å²) in [5.41, 5.74) is 10.9. The number of rotatable bonds is 3. The molecule has 0 radical (unpaired) electrons. The molecule has 2 aliphatic rings. The van der Waals surface area contributed by atoms with Crippen molar-refractivity contribution >= 4 is 28.1 Å². The van der Waals surface area contributed by atoms with Gasteiger partial charge in [-0.3, -0.25) is 4.90 Å². The molecular weight excluding hydrogens is 585 g/mol. The van der Waals surface area contributed by atoms with Crippen molar-refractivity contribution in [1.82, 2.24) is 15.0 Å². The molecule has 0 atom stereocenters. The molecule has 1 aliphatic carbocycles. The summed E-state index contributed by atoms with van der Waals surface area (Å²) in [4.78, 5) is 17.6. The van der Waals surface area contributed by atoms with Crippen molar-refractivity contribution in [1.29, 1.82) is 0 Å². The minimum absolute atomic E-state index is 0.564. The van der Waals surface area contributed by atoms with Gasteiger partial charge in [-0.05, 0) is 56.3 Å². The van der Waals surface area contributed by atoms with Crippen LogP contribution >= 0.6 is 0 Å². The van der Waals surface area contributed by atoms with Crippen molar-refractivity contribution < 1.29 is 0 Å². The normalized spacial score (nSPS) is 13.5. The summed E-state index contributed by atoms with van der Waals surface area (Å²) < 4.78 is 0. The van der Waals surface area contributed by atoms with Gasteiger partial charge in [0.15, 0.2) is 11.6 Å². The largest absolute Gasteiger partial charge is 0.278 e. The molecule has 0 N–H and O–H groups in total. The van der Waals surface area contributed by atoms with E-state index in [1.54, 1.807) is 0 Å². The van der Waals surface area contributed by atoms with Gasteiger partial charge in [-0.2, -0.15) is 9.97 Å². The summed E-state index contributed by atoms with van der Waals surface area (Å²) in [5.74, 6) is 1.85. The number of anilines is 3. The SMILES string of the molecule is c1ccc(-c2nc(-c3ccccc3)nc(N3c4ccccc4C4(c5ccccc5-c5cccc6cccc4c56)c4ccccc43)n2)cc1. The Bertz CT molecular complexity index is 2410. The molecule has 1 aliphatic heterocycles. The molecule has 48 heavy (non-hydrogen) atoms. The van der Waals surface area contributed by atoms with Crippen LogP contribution in [0.3, 0.4) is 0 Å². The number of para-hydroxylation sites is 2. The minimum Gasteiger partial charge on any atom is -0.278 e. The highest BCUT2D eigenvalue weighted by Crippen LogP contribution is 2.62. The van der Waals surface area contributed by atoms with Crippen LogP contribution in [0.15, 0.2) is 170 Å². The maximum atomic E-state index is 5.21. The first-order valence-corrected chi connectivity index (χ1v) is 16.3. The molecule has 1 spiro atoms. The maximum Gasteiger partial charge on any atom is 0.238 e. The second-order valence-corrected chi connectivity index (χ2v) is 12.4. The van der Waals surface area contributed by atoms with Crippen molar-refractivity contribution in [3.05, 3.63) is 192 Å². The van der Waals surface area contributed by atoms with Gasteiger partial charge in [0.2, 0.25) is 5.95 Å². The zero-order chi connectivity index (χ0) is 31.7. The Kier molecular flexibility index (Phi) is 5.75. The highest BCUT2D eigenvalue weighted by Gasteiger charge is 2.50. The van der Waals surface area contributed by atoms with Gasteiger partial charge in [0, 0.05) is 11.1 Å². The van der Waals surface area contributed by atoms with Gasteiger partial charge in [-0.15, -0.1) is 0 Å². The van der Waals surface area contributed by atoms with Gasteiger partial charge < -0.3 is 0 Å². The first kappa shape index (κ1) is 26.8. The third-order valence-corrected chi connectivity index (χ3v) is 9.92. The van der Waals surface area contributed by atoms with E-state index in [4.69, 9.17) is 15.0 Å². The van der Waals surface area contributed by atoms with Gasteiger partial charge in [0.05, 0.1) is 16.8 Å². The molecule has 0 amide bonds. The number of hydrogen-bond acceptors (Lipinski definition) is 4. The molecule has 0 fully saturated rings. The highest BCUT2D eigenvalue weighted by molar-refractivity contribution is 6.06. The standard InChI is InChI=1S/C44H28N4/c1-3-15-30(16-4-1)41-45-42(31-17-5-2-6-18-31)47-43(46-41)48-38-27-11-9-24-35(38)44(36-25-10-12-28-39(36)48)34-23-8-7-21-32(34)33-22-13-19-29-20-14-26-37(44)40(29)33/h1-28H. The van der Waals surface area contributed by atoms with Crippen LogP contribution in [0.25, 0.3) is 44.7 Å². The second-order valence-electron chi connectivity index (χ2n) is 12.4. The van der Waals surface area contributed by atoms with E-state index in [1.165, 1.54) is 44.2 Å². The van der Waals surface area contributed by atoms with Crippen molar-refractivity contribution in [3.8, 4) is 33.9 Å². The molecule has 8 aromatic rings. The molecule has 1 aromatic heterocycles. The fraction of sp³-hybridized carbons (Fsp3) is 0.0227. The molecule has 4 nitrogen and oxygen atoms in total. The Hall–Kier alpha value is -6.39. The van der Waals surface area contributed by atoms with Gasteiger partial charge in [0.1, 0.15) is 0 Å². The number of hydrogen-bond donors (Lipinski definition) is 0. The molecule has 0 saturated carbocycles. The van der Waals surface area contributed by atoms with E-state index in [1.807, 2.05) is 36.4 Å². The average Bonchev–Trinajstić information content (AvgIpc) is 3.17. The predicted molar refractivity (Wildman–Crippen MR) is 194 cm³/mol. The smallest absolute Gasteiger partial charge is 0.238 e. The van der Waals surface area contributed by atoms with Crippen LogP contribution < -0.4 is 4.90 Å². The lowest BCUT2D eigenvalue weighted by Crippen LogP contribution is -2.39. The van der Waals surface area contributed by atoms with Gasteiger partial charge >= 0.3 is 0 Å². The number of nitrogens with zero attached hydrogens (tertiary/aromatic N) is 4. The van der Waals surface area contributed by atoms with E-state index in [9.17, 15) is 0 Å². The second kappa shape index (κ2) is 10.3. The quantitative estimate of drug-likeness (QED) is 0.199. The topological polar surface area (TPSA) is 41.9 Å². The molecule has 224 valence electrons. The Balaban J connectivity index is 1.32. The van der Waals surface area contributed by atoms with E-state index in [-0.39, 0.29) is 0 Å². The Morgan fingerprint density at radius 2 is 0.854 bits per heavy atom. The minimum atomic E-state index is -0.564. The Morgan fingerprint density at radius 3 is 1.48 bits per heavy atom. The first-order chi connectivity index (χ1) is 23.8. The highest BCUT2D eigenvalue weighted by atomic mass is 15.3. The van der Waals surface area contributed by atoms with Crippen molar-refractivity contribution in [3.63, 3.8) is 0 Å². The lowest BCUT2D eigenvalue weighted by Gasteiger charge is -2.48. The summed E-state index contributed by atoms with van der Waals surface area (Å²) >= 11 is 0. The van der Waals surface area contributed by atoms with Crippen LogP contribution in [-0.2, 0) is 5.41 Å². The zero-order valence-corrected chi connectivity index (χ0v) is 26.0. The number of fused-ring (bicyclic) bond motifs is 8. The van der Waals surface area contributed by atoms with Crippen LogP contribution in [-0.4, -0.2) is 15.0 Å². The lowest BCUT2D eigenvalue weighted by molar-refractivity contribution is 0.732. The maximum absolute atomic E-state index is 5.21. The average molecular weight is 613 g/mol. The summed E-state index contributed by atoms with van der Waals surface area (Å²) in [7, 11) is 0. The third kappa shape index (κ3) is 3.68. The van der Waals surface area contributed by atoms with E-state index >= 15 is 0 Å². The summed E-state index contributed by atoms with van der Waals surface area (Å²) in [6.45, 7) is 0. The van der Waals surface area contributed by atoms with Crippen molar-refractivity contribution in [2.75, 3.05) is 4.90 Å². The number of aromatic nitrogens is 3. The monoisotopic (exact) mass is 612 g/mol. The summed E-state index contributed by atoms with van der Waals surface area (Å²) in [6.07, 6.45) is 0. The van der Waals surface area contributed by atoms with Crippen LogP contribution in [0.4, 0.5) is 17.3 Å². The molecule has 2 heterocycles. The van der Waals surface area contributed by atoms with Crippen LogP contribution in [0, 0.1) is 0 Å². The van der Waals surface area contributed by atoms with E-state index in [2.05, 4.69) is 138 Å². The van der Waals surface area contributed by atoms with Crippen LogP contribution in [0.5, 0.6) is 0 Å². The molecule has 7 aromatic carbocycles. The van der Waals surface area contributed by atoms with E-state index in [0.717, 1.165) is 22.5 Å². The summed E-state index contributed by atoms with van der Waals surface area (Å²) in [6, 6.07) is 60.3. The number of benzene rings is 7. The zero-order valence-electron chi connectivity index (χ0n) is 26.0. The Labute approximate surface area is 278 Å². The lowest BCUT2D eigenvalue weighted by atomic mass is 9.58. The van der Waals surface area contributed by atoms with Gasteiger partial charge in [-0.1, -0.05) is 158 Å². The molecule has 10 rings (SSSR count). The van der Waals surface area contributed by atoms with Crippen LogP contribution in [0.2, 0.25) is 0 Å². The fourth-order valence-electron chi connectivity index (χ4n) is 8.01. The van der Waals surface area contributed by atoms with Crippen molar-refractivity contribution in [2.45, 2.75) is 5.41 Å². The molecule has 4 heteroatoms. The fourth-order valence-corrected chi connectivity index (χ4v) is 8.01. The van der Waals surface area contributed by atoms with Crippen LogP contribution in [0.1, 0.15) is 22.3 Å². The van der Waals surface area contributed by atoms with Gasteiger partial charge in [-0.25, -0.2) is 4.98 Å². The van der Waals surface area contributed by atoms with Gasteiger partial charge in [0.25, 0.3) is 0 Å². The molecule has 0 unspecified atom stereocenters. The predicted octanol–water partition coefficient (Wildman–Crippen LogP) is 10.5. The van der Waals surface area contributed by atoms with Crippen molar-refractivity contribution in [2.24, 2.45) is 0 Å². The Morgan fingerprint density at radius 1 is 0.375 bits per heavy atom. The van der Waals surface area contributed by atoms with E-state index < -0.39 is 5.41 Å². The first-order valence-electron chi connectivity index (χ1n) is 16.3. The molecule has 0 bridgehead atoms. The third-order valence-electron chi connectivity index (χ3n) is 9.92. The summed E-state index contributed by atoms with van der Waals surface area (Å²) in [5, 5.41) is 2.54. The molecular formula is C44H28N4.